The lowest BCUT2D eigenvalue weighted by Crippen LogP contribution is -2.55. The van der Waals surface area contributed by atoms with Crippen molar-refractivity contribution < 1.29 is 26.8 Å². The lowest BCUT2D eigenvalue weighted by atomic mass is 10.1. The average molecular weight is 591 g/mol. The van der Waals surface area contributed by atoms with E-state index in [1.807, 2.05) is 48.5 Å². The van der Waals surface area contributed by atoms with Gasteiger partial charge in [0.25, 0.3) is 0 Å². The topological polar surface area (TPSA) is 80.1 Å². The van der Waals surface area contributed by atoms with Crippen molar-refractivity contribution in [3.63, 3.8) is 0 Å². The number of likely N-dealkylation sites (N-methyl/N-ethyl adjacent to an activating group) is 1. The number of sulfonamides is 1. The number of fused-ring (bicyclic) bond motifs is 1. The minimum Gasteiger partial charge on any atom is -0.460 e. The number of benzene rings is 3. The van der Waals surface area contributed by atoms with Crippen LogP contribution in [0.25, 0.3) is 11.0 Å². The van der Waals surface area contributed by atoms with Crippen LogP contribution in [0.15, 0.2) is 82.1 Å². The molecule has 3 aromatic carbocycles. The van der Waals surface area contributed by atoms with Crippen molar-refractivity contribution in [1.82, 2.24) is 4.31 Å². The van der Waals surface area contributed by atoms with E-state index in [1.54, 1.807) is 36.4 Å². The van der Waals surface area contributed by atoms with Crippen LogP contribution in [0.1, 0.15) is 34.2 Å². The summed E-state index contributed by atoms with van der Waals surface area (Å²) >= 11 is 0. The first-order chi connectivity index (χ1) is 20.1. The fourth-order valence-electron chi connectivity index (χ4n) is 5.47. The van der Waals surface area contributed by atoms with E-state index in [0.717, 1.165) is 47.5 Å². The second-order valence-electron chi connectivity index (χ2n) is 11.5. The highest BCUT2D eigenvalue weighted by molar-refractivity contribution is 7.89. The first-order valence-corrected chi connectivity index (χ1v) is 15.9. The van der Waals surface area contributed by atoms with Gasteiger partial charge in [0.2, 0.25) is 15.8 Å². The highest BCUT2D eigenvalue weighted by Crippen LogP contribution is 2.31. The van der Waals surface area contributed by atoms with Gasteiger partial charge in [-0.25, -0.2) is 13.2 Å². The maximum absolute atomic E-state index is 14.3. The molecule has 0 unspecified atom stereocenters. The predicted molar refractivity (Wildman–Crippen MR) is 165 cm³/mol. The van der Waals surface area contributed by atoms with Crippen molar-refractivity contribution in [2.24, 2.45) is 0 Å². The minimum absolute atomic E-state index is 0.0968. The number of quaternary nitrogens is 1. The summed E-state index contributed by atoms with van der Waals surface area (Å²) in [5, 5.41) is 0.580. The molecule has 4 aromatic rings. The Labute approximate surface area is 248 Å². The molecule has 1 aromatic heterocycles. The number of hydrogen-bond donors (Lipinski definition) is 0. The molecule has 9 heteroatoms. The van der Waals surface area contributed by atoms with Gasteiger partial charge in [0.05, 0.1) is 51.8 Å². The molecule has 0 atom stereocenters. The van der Waals surface area contributed by atoms with E-state index in [-0.39, 0.29) is 23.8 Å². The lowest BCUT2D eigenvalue weighted by Gasteiger charge is -2.40. The predicted octanol–water partition coefficient (Wildman–Crippen LogP) is 5.25. The number of furan rings is 1. The third-order valence-electron chi connectivity index (χ3n) is 8.13. The van der Waals surface area contributed by atoms with Gasteiger partial charge in [-0.1, -0.05) is 48.5 Å². The number of rotatable bonds is 10. The van der Waals surface area contributed by atoms with Gasteiger partial charge >= 0.3 is 5.97 Å². The molecular formula is C33H40N3O5S+. The van der Waals surface area contributed by atoms with Crippen LogP contribution < -0.4 is 4.90 Å². The lowest BCUT2D eigenvalue weighted by molar-refractivity contribution is -0.890. The summed E-state index contributed by atoms with van der Waals surface area (Å²) in [4.78, 5) is 14.9. The Kier molecular flexibility index (Phi) is 8.73. The molecule has 0 bridgehead atoms. The smallest absolute Gasteiger partial charge is 0.374 e. The number of hydrogen-bond acceptors (Lipinski definition) is 6. The van der Waals surface area contributed by atoms with Gasteiger partial charge in [-0.15, -0.1) is 0 Å². The molecule has 2 heterocycles. The maximum atomic E-state index is 14.3. The van der Waals surface area contributed by atoms with E-state index in [1.165, 1.54) is 0 Å². The summed E-state index contributed by atoms with van der Waals surface area (Å²) in [7, 11) is 0.580. The Morgan fingerprint density at radius 2 is 1.69 bits per heavy atom. The number of esters is 1. The fourth-order valence-corrected chi connectivity index (χ4v) is 6.92. The second kappa shape index (κ2) is 12.3. The molecular weight excluding hydrogens is 550 g/mol. The zero-order chi connectivity index (χ0) is 29.9. The number of para-hydroxylation sites is 1. The second-order valence-corrected chi connectivity index (χ2v) is 13.4. The van der Waals surface area contributed by atoms with Gasteiger partial charge in [0.1, 0.15) is 5.58 Å². The summed E-state index contributed by atoms with van der Waals surface area (Å²) in [5.74, 6) is -0.462. The number of piperazine rings is 1. The van der Waals surface area contributed by atoms with Crippen LogP contribution >= 0.6 is 0 Å². The van der Waals surface area contributed by atoms with E-state index in [2.05, 4.69) is 25.1 Å². The van der Waals surface area contributed by atoms with Crippen LogP contribution in [0.5, 0.6) is 0 Å². The first-order valence-electron chi connectivity index (χ1n) is 14.5. The van der Waals surface area contributed by atoms with Crippen molar-refractivity contribution in [3.05, 3.63) is 95.2 Å². The van der Waals surface area contributed by atoms with Crippen LogP contribution in [0, 0.1) is 6.92 Å². The molecule has 5 rings (SSSR count). The molecule has 1 saturated heterocycles. The van der Waals surface area contributed by atoms with Crippen LogP contribution in [-0.4, -0.2) is 76.6 Å². The molecule has 0 N–H and O–H groups in total. The van der Waals surface area contributed by atoms with E-state index >= 15 is 0 Å². The van der Waals surface area contributed by atoms with Gasteiger partial charge in [-0.3, -0.25) is 0 Å². The molecule has 0 amide bonds. The van der Waals surface area contributed by atoms with Crippen LogP contribution in [-0.2, 0) is 27.7 Å². The monoisotopic (exact) mass is 590 g/mol. The number of nitrogens with zero attached hydrogens (tertiary/aromatic N) is 3. The zero-order valence-electron chi connectivity index (χ0n) is 24.9. The molecule has 1 aliphatic rings. The van der Waals surface area contributed by atoms with Crippen molar-refractivity contribution >= 4 is 32.6 Å². The van der Waals surface area contributed by atoms with Gasteiger partial charge in [-0.05, 0) is 55.7 Å². The van der Waals surface area contributed by atoms with Gasteiger partial charge in [0, 0.05) is 29.7 Å². The third-order valence-corrected chi connectivity index (χ3v) is 9.97. The fraction of sp³-hybridized carbons (Fsp3) is 0.364. The minimum atomic E-state index is -3.91. The molecule has 0 spiro atoms. The highest BCUT2D eigenvalue weighted by atomic mass is 32.2. The average Bonchev–Trinajstić information content (AvgIpc) is 3.32. The molecule has 8 nitrogen and oxygen atoms in total. The van der Waals surface area contributed by atoms with Crippen LogP contribution in [0.3, 0.4) is 0 Å². The molecule has 0 saturated carbocycles. The third kappa shape index (κ3) is 6.38. The van der Waals surface area contributed by atoms with E-state index in [0.29, 0.717) is 29.5 Å². The highest BCUT2D eigenvalue weighted by Gasteiger charge is 2.30. The Morgan fingerprint density at radius 1 is 1.00 bits per heavy atom. The Bertz CT molecular complexity index is 1650. The quantitative estimate of drug-likeness (QED) is 0.186. The summed E-state index contributed by atoms with van der Waals surface area (Å²) in [6, 6.07) is 22.8. The SMILES string of the molecule is CCOC(=O)c1oc2ccc(S(=O)(=O)N(CCc3ccccc3)Cc3ccccc3N3CC[N+](C)(C)CC3)cc2c1C. The molecule has 1 aliphatic heterocycles. The number of aryl methyl sites for hydroxylation is 1. The molecule has 1 fully saturated rings. The van der Waals surface area contributed by atoms with Crippen molar-refractivity contribution in [1.29, 1.82) is 0 Å². The number of ether oxygens (including phenoxy) is 1. The van der Waals surface area contributed by atoms with Gasteiger partial charge in [0.15, 0.2) is 0 Å². The summed E-state index contributed by atoms with van der Waals surface area (Å²) < 4.78 is 42.1. The van der Waals surface area contributed by atoms with E-state index in [4.69, 9.17) is 9.15 Å². The molecule has 0 radical (unpaired) electrons. The Balaban J connectivity index is 1.49. The summed E-state index contributed by atoms with van der Waals surface area (Å²) in [6.45, 7) is 8.16. The molecule has 222 valence electrons. The molecule has 0 aliphatic carbocycles. The van der Waals surface area contributed by atoms with E-state index < -0.39 is 16.0 Å². The standard InChI is InChI=1S/C33H40N3O5S/c1-5-40-33(37)32-25(2)29-23-28(15-16-31(29)41-32)42(38,39)35(18-17-26-11-7-6-8-12-26)24-27-13-9-10-14-30(27)34-19-21-36(3,4)22-20-34/h6-16,23H,5,17-22,24H2,1-4H3/q+1. The number of carbonyl (C=O) groups excluding carboxylic acids is 1. The Hall–Kier alpha value is -3.66. The largest absolute Gasteiger partial charge is 0.460 e. The van der Waals surface area contributed by atoms with Crippen LogP contribution in [0.4, 0.5) is 5.69 Å². The number of anilines is 1. The molecule has 42 heavy (non-hydrogen) atoms. The van der Waals surface area contributed by atoms with Crippen LogP contribution in [0.2, 0.25) is 0 Å². The Morgan fingerprint density at radius 3 is 2.40 bits per heavy atom. The van der Waals surface area contributed by atoms with Gasteiger partial charge in [-0.2, -0.15) is 4.31 Å². The van der Waals surface area contributed by atoms with Crippen molar-refractivity contribution in [3.8, 4) is 0 Å². The number of carbonyl (C=O) groups is 1. The maximum Gasteiger partial charge on any atom is 0.374 e. The zero-order valence-corrected chi connectivity index (χ0v) is 25.7. The van der Waals surface area contributed by atoms with E-state index in [9.17, 15) is 13.2 Å². The normalized spacial score (nSPS) is 15.3. The van der Waals surface area contributed by atoms with Gasteiger partial charge < -0.3 is 18.5 Å². The van der Waals surface area contributed by atoms with Crippen molar-refractivity contribution in [2.75, 3.05) is 58.3 Å². The first kappa shape index (κ1) is 29.8. The summed E-state index contributed by atoms with van der Waals surface area (Å²) in [5.41, 5.74) is 4.14. The van der Waals surface area contributed by atoms with Crippen molar-refractivity contribution in [2.45, 2.75) is 31.7 Å². The summed E-state index contributed by atoms with van der Waals surface area (Å²) in [6.07, 6.45) is 0.581.